The van der Waals surface area contributed by atoms with E-state index in [0.29, 0.717) is 11.1 Å². The number of aromatic nitrogens is 2. The van der Waals surface area contributed by atoms with Gasteiger partial charge < -0.3 is 10.1 Å². The number of hydrogen-bond donors (Lipinski definition) is 1. The van der Waals surface area contributed by atoms with Crippen LogP contribution in [0.5, 0.6) is 0 Å². The van der Waals surface area contributed by atoms with Crippen LogP contribution in [-0.4, -0.2) is 28.8 Å². The van der Waals surface area contributed by atoms with Gasteiger partial charge in [-0.2, -0.15) is 5.10 Å². The molecular weight excluding hydrogens is 258 g/mol. The smallest absolute Gasteiger partial charge is 0.333 e. The Balaban J connectivity index is 2.21. The number of amides is 1. The van der Waals surface area contributed by atoms with Gasteiger partial charge in [-0.25, -0.2) is 4.79 Å². The van der Waals surface area contributed by atoms with E-state index in [2.05, 4.69) is 10.4 Å². The molecule has 0 saturated heterocycles. The molecule has 0 fully saturated rings. The third-order valence-electron chi connectivity index (χ3n) is 2.81. The lowest BCUT2D eigenvalue weighted by Gasteiger charge is -2.16. The van der Waals surface area contributed by atoms with Crippen molar-refractivity contribution in [2.24, 2.45) is 7.05 Å². The number of rotatable bonds is 4. The Hall–Kier alpha value is -2.63. The van der Waals surface area contributed by atoms with E-state index in [1.807, 2.05) is 6.07 Å². The lowest BCUT2D eigenvalue weighted by Crippen LogP contribution is -2.34. The maximum absolute atomic E-state index is 12.1. The van der Waals surface area contributed by atoms with Crippen molar-refractivity contribution in [3.8, 4) is 0 Å². The third kappa shape index (κ3) is 3.03. The molecule has 0 saturated carbocycles. The quantitative estimate of drug-likeness (QED) is 0.845. The van der Waals surface area contributed by atoms with Crippen molar-refractivity contribution in [1.82, 2.24) is 15.1 Å². The largest absolute Gasteiger partial charge is 0.467 e. The van der Waals surface area contributed by atoms with Crippen LogP contribution in [0.25, 0.3) is 0 Å². The van der Waals surface area contributed by atoms with Crippen molar-refractivity contribution in [2.45, 2.75) is 6.04 Å². The molecule has 1 aromatic heterocycles. The minimum atomic E-state index is -0.839. The molecule has 20 heavy (non-hydrogen) atoms. The lowest BCUT2D eigenvalue weighted by atomic mass is 10.1. The van der Waals surface area contributed by atoms with Crippen molar-refractivity contribution >= 4 is 11.9 Å². The van der Waals surface area contributed by atoms with Gasteiger partial charge in [0.15, 0.2) is 6.04 Å². The molecule has 0 bridgehead atoms. The average Bonchev–Trinajstić information content (AvgIpc) is 2.91. The predicted molar refractivity (Wildman–Crippen MR) is 71.9 cm³/mol. The van der Waals surface area contributed by atoms with E-state index in [0.717, 1.165) is 0 Å². The first-order valence-corrected chi connectivity index (χ1v) is 6.04. The second-order valence-electron chi connectivity index (χ2n) is 4.24. The number of carbonyl (C=O) groups excluding carboxylic acids is 2. The molecule has 2 rings (SSSR count). The van der Waals surface area contributed by atoms with E-state index in [9.17, 15) is 9.59 Å². The van der Waals surface area contributed by atoms with Crippen molar-refractivity contribution in [2.75, 3.05) is 7.11 Å². The fourth-order valence-electron chi connectivity index (χ4n) is 1.79. The molecular formula is C14H15N3O3. The SMILES string of the molecule is COC(=O)C(NC(=O)c1cnn(C)c1)c1ccccc1. The Morgan fingerprint density at radius 3 is 2.55 bits per heavy atom. The number of nitrogens with one attached hydrogen (secondary N) is 1. The maximum Gasteiger partial charge on any atom is 0.333 e. The summed E-state index contributed by atoms with van der Waals surface area (Å²) in [6.07, 6.45) is 3.02. The molecule has 104 valence electrons. The molecule has 6 nitrogen and oxygen atoms in total. The molecule has 1 amide bonds. The molecule has 2 aromatic rings. The molecule has 1 aromatic carbocycles. The van der Waals surface area contributed by atoms with E-state index >= 15 is 0 Å². The summed E-state index contributed by atoms with van der Waals surface area (Å²) in [4.78, 5) is 23.9. The van der Waals surface area contributed by atoms with Gasteiger partial charge in [0.25, 0.3) is 5.91 Å². The first-order valence-electron chi connectivity index (χ1n) is 6.04. The summed E-state index contributed by atoms with van der Waals surface area (Å²) in [5.41, 5.74) is 1.05. The summed E-state index contributed by atoms with van der Waals surface area (Å²) in [6, 6.07) is 8.09. The highest BCUT2D eigenvalue weighted by Gasteiger charge is 2.24. The topological polar surface area (TPSA) is 73.2 Å². The van der Waals surface area contributed by atoms with Gasteiger partial charge in [-0.3, -0.25) is 9.48 Å². The summed E-state index contributed by atoms with van der Waals surface area (Å²) >= 11 is 0. The van der Waals surface area contributed by atoms with Gasteiger partial charge in [0.2, 0.25) is 0 Å². The molecule has 0 aliphatic carbocycles. The summed E-state index contributed by atoms with van der Waals surface area (Å²) < 4.78 is 6.25. The molecule has 1 N–H and O–H groups in total. The van der Waals surface area contributed by atoms with Crippen LogP contribution in [-0.2, 0) is 16.6 Å². The van der Waals surface area contributed by atoms with Crippen LogP contribution >= 0.6 is 0 Å². The molecule has 6 heteroatoms. The molecule has 1 unspecified atom stereocenters. The molecule has 1 heterocycles. The monoisotopic (exact) mass is 273 g/mol. The number of esters is 1. The van der Waals surface area contributed by atoms with Gasteiger partial charge in [0.05, 0.1) is 18.9 Å². The zero-order valence-electron chi connectivity index (χ0n) is 11.2. The number of nitrogens with zero attached hydrogens (tertiary/aromatic N) is 2. The Bertz CT molecular complexity index is 607. The number of aryl methyl sites for hydroxylation is 1. The second kappa shape index (κ2) is 6.01. The minimum absolute atomic E-state index is 0.377. The first-order chi connectivity index (χ1) is 9.61. The number of ether oxygens (including phenoxy) is 1. The number of carbonyl (C=O) groups is 2. The van der Waals surface area contributed by atoms with Gasteiger partial charge >= 0.3 is 5.97 Å². The Morgan fingerprint density at radius 1 is 1.30 bits per heavy atom. The van der Waals surface area contributed by atoms with Crippen LogP contribution in [0.4, 0.5) is 0 Å². The highest BCUT2D eigenvalue weighted by Crippen LogP contribution is 2.15. The van der Waals surface area contributed by atoms with Gasteiger partial charge in [0, 0.05) is 13.2 Å². The molecule has 0 radical (unpaired) electrons. The summed E-state index contributed by atoms with van der Waals surface area (Å²) in [6.45, 7) is 0. The predicted octanol–water partition coefficient (Wildman–Crippen LogP) is 1.06. The highest BCUT2D eigenvalue weighted by atomic mass is 16.5. The molecule has 0 aliphatic rings. The Kier molecular flexibility index (Phi) is 4.14. The Labute approximate surface area is 116 Å². The van der Waals surface area contributed by atoms with Crippen molar-refractivity contribution in [1.29, 1.82) is 0 Å². The number of methoxy groups -OCH3 is 1. The first kappa shape index (κ1) is 13.8. The summed E-state index contributed by atoms with van der Waals surface area (Å²) in [5.74, 6) is -0.897. The van der Waals surface area contributed by atoms with E-state index in [1.54, 1.807) is 37.5 Å². The van der Waals surface area contributed by atoms with Crippen molar-refractivity contribution in [3.63, 3.8) is 0 Å². The van der Waals surface area contributed by atoms with Crippen LogP contribution in [0.1, 0.15) is 22.0 Å². The van der Waals surface area contributed by atoms with Crippen molar-refractivity contribution in [3.05, 3.63) is 53.9 Å². The van der Waals surface area contributed by atoms with E-state index in [4.69, 9.17) is 4.74 Å². The average molecular weight is 273 g/mol. The van der Waals surface area contributed by atoms with Crippen molar-refractivity contribution < 1.29 is 14.3 Å². The van der Waals surface area contributed by atoms with Crippen LogP contribution in [0.15, 0.2) is 42.7 Å². The number of benzene rings is 1. The minimum Gasteiger partial charge on any atom is -0.467 e. The normalized spacial score (nSPS) is 11.7. The highest BCUT2D eigenvalue weighted by molar-refractivity contribution is 5.96. The zero-order chi connectivity index (χ0) is 14.5. The van der Waals surface area contributed by atoms with E-state index in [-0.39, 0.29) is 5.91 Å². The van der Waals surface area contributed by atoms with Crippen LogP contribution in [0.2, 0.25) is 0 Å². The molecule has 0 aliphatic heterocycles. The maximum atomic E-state index is 12.1. The molecule has 1 atom stereocenters. The second-order valence-corrected chi connectivity index (χ2v) is 4.24. The zero-order valence-corrected chi connectivity index (χ0v) is 11.2. The number of hydrogen-bond acceptors (Lipinski definition) is 4. The Morgan fingerprint density at radius 2 is 2.00 bits per heavy atom. The lowest BCUT2D eigenvalue weighted by molar-refractivity contribution is -0.143. The van der Waals surface area contributed by atoms with Gasteiger partial charge in [0.1, 0.15) is 0 Å². The fraction of sp³-hybridized carbons (Fsp3) is 0.214. The summed E-state index contributed by atoms with van der Waals surface area (Å²) in [5, 5.41) is 6.57. The van der Waals surface area contributed by atoms with Gasteiger partial charge in [-0.05, 0) is 5.56 Å². The van der Waals surface area contributed by atoms with E-state index in [1.165, 1.54) is 18.0 Å². The summed E-state index contributed by atoms with van der Waals surface area (Å²) in [7, 11) is 3.00. The van der Waals surface area contributed by atoms with Crippen LogP contribution < -0.4 is 5.32 Å². The molecule has 0 spiro atoms. The van der Waals surface area contributed by atoms with Crippen LogP contribution in [0.3, 0.4) is 0 Å². The fourth-order valence-corrected chi connectivity index (χ4v) is 1.79. The van der Waals surface area contributed by atoms with E-state index < -0.39 is 12.0 Å². The van der Waals surface area contributed by atoms with Crippen LogP contribution in [0, 0.1) is 0 Å². The van der Waals surface area contributed by atoms with Gasteiger partial charge in [-0.15, -0.1) is 0 Å². The third-order valence-corrected chi connectivity index (χ3v) is 2.81. The van der Waals surface area contributed by atoms with Gasteiger partial charge in [-0.1, -0.05) is 30.3 Å². The standard InChI is InChI=1S/C14H15N3O3/c1-17-9-11(8-15-17)13(18)16-12(14(19)20-2)10-6-4-3-5-7-10/h3-9,12H,1-2H3,(H,16,18).